The number of piperidine rings is 1. The number of carbonyl (C=O) groups is 1. The van der Waals surface area contributed by atoms with Crippen LogP contribution in [0.1, 0.15) is 29.5 Å². The Bertz CT molecular complexity index is 854. The molecular weight excluding hydrogens is 420 g/mol. The lowest BCUT2D eigenvalue weighted by Gasteiger charge is -2.31. The number of amides is 1. The van der Waals surface area contributed by atoms with E-state index in [4.69, 9.17) is 5.73 Å². The van der Waals surface area contributed by atoms with E-state index in [1.165, 1.54) is 0 Å². The van der Waals surface area contributed by atoms with Gasteiger partial charge in [-0.05, 0) is 61.3 Å². The van der Waals surface area contributed by atoms with Crippen LogP contribution in [0.3, 0.4) is 0 Å². The van der Waals surface area contributed by atoms with Gasteiger partial charge >= 0.3 is 17.6 Å². The fourth-order valence-corrected chi connectivity index (χ4v) is 4.07. The molecule has 3 rings (SSSR count). The predicted octanol–water partition coefficient (Wildman–Crippen LogP) is 5.04. The molecule has 158 valence electrons. The Morgan fingerprint density at radius 2 is 1.79 bits per heavy atom. The van der Waals surface area contributed by atoms with Gasteiger partial charge in [0.2, 0.25) is 0 Å². The van der Waals surface area contributed by atoms with Crippen molar-refractivity contribution in [2.45, 2.75) is 31.7 Å². The van der Waals surface area contributed by atoms with Gasteiger partial charge in [-0.1, -0.05) is 12.1 Å². The Morgan fingerprint density at radius 1 is 1.14 bits per heavy atom. The number of thioether (sulfide) groups is 1. The van der Waals surface area contributed by atoms with Gasteiger partial charge in [-0.2, -0.15) is 31.3 Å². The highest BCUT2D eigenvalue weighted by Gasteiger charge is 2.38. The molecule has 2 aliphatic heterocycles. The molecule has 0 aliphatic carbocycles. The van der Waals surface area contributed by atoms with Gasteiger partial charge in [-0.15, -0.1) is 0 Å². The summed E-state index contributed by atoms with van der Waals surface area (Å²) in [7, 11) is 0. The number of carbonyl (C=O) groups excluding carboxylic acids is 1. The Morgan fingerprint density at radius 3 is 2.31 bits per heavy atom. The van der Waals surface area contributed by atoms with Crippen LogP contribution < -0.4 is 5.73 Å². The molecule has 0 saturated carbocycles. The van der Waals surface area contributed by atoms with Crippen molar-refractivity contribution < 1.29 is 31.1 Å². The number of allylic oxidation sites excluding steroid dienone is 1. The molecule has 2 aliphatic rings. The number of amidine groups is 1. The quantitative estimate of drug-likeness (QED) is 0.673. The summed E-state index contributed by atoms with van der Waals surface area (Å²) >= 11 is 0.942. The largest absolute Gasteiger partial charge is 0.416 e. The number of aliphatic imine (C=N–C) groups is 1. The van der Waals surface area contributed by atoms with Gasteiger partial charge in [0, 0.05) is 6.54 Å². The highest BCUT2D eigenvalue weighted by molar-refractivity contribution is 8.18. The molecule has 0 aromatic heterocycles. The minimum atomic E-state index is -4.87. The number of hydrogen-bond donors (Lipinski definition) is 1. The molecule has 1 fully saturated rings. The maximum absolute atomic E-state index is 13.3. The van der Waals surface area contributed by atoms with E-state index in [9.17, 15) is 31.1 Å². The average Bonchev–Trinajstić information content (AvgIpc) is 2.92. The number of hydrogen-bond acceptors (Lipinski definition) is 4. The second kappa shape index (κ2) is 8.02. The molecule has 4 nitrogen and oxygen atoms in total. The van der Waals surface area contributed by atoms with Gasteiger partial charge in [-0.3, -0.25) is 9.69 Å². The third-order valence-electron chi connectivity index (χ3n) is 4.82. The van der Waals surface area contributed by atoms with Crippen LogP contribution in [0.4, 0.5) is 31.1 Å². The number of halogens is 6. The van der Waals surface area contributed by atoms with E-state index in [0.717, 1.165) is 17.8 Å². The zero-order chi connectivity index (χ0) is 21.4. The van der Waals surface area contributed by atoms with Gasteiger partial charge in [0.1, 0.15) is 5.84 Å². The number of rotatable bonds is 3. The summed E-state index contributed by atoms with van der Waals surface area (Å²) in [6, 6.07) is 1.75. The summed E-state index contributed by atoms with van der Waals surface area (Å²) in [6.45, 7) is 0.859. The van der Waals surface area contributed by atoms with E-state index in [1.807, 2.05) is 6.08 Å². The lowest BCUT2D eigenvalue weighted by atomic mass is 9.95. The summed E-state index contributed by atoms with van der Waals surface area (Å²) in [5.74, 6) is 0.269. The molecule has 1 saturated heterocycles. The van der Waals surface area contributed by atoms with E-state index >= 15 is 0 Å². The van der Waals surface area contributed by atoms with Crippen LogP contribution in [0.2, 0.25) is 0 Å². The summed E-state index contributed by atoms with van der Waals surface area (Å²) in [5.41, 5.74) is 2.89. The zero-order valence-electron chi connectivity index (χ0n) is 15.0. The molecular formula is C18H17F6N3OS. The fourth-order valence-electron chi connectivity index (χ4n) is 3.33. The average molecular weight is 437 g/mol. The number of benzene rings is 1. The van der Waals surface area contributed by atoms with Gasteiger partial charge in [-0.25, -0.2) is 0 Å². The Kier molecular flexibility index (Phi) is 6.00. The highest BCUT2D eigenvalue weighted by atomic mass is 32.2. The van der Waals surface area contributed by atoms with Gasteiger partial charge in [0.25, 0.3) is 0 Å². The topological polar surface area (TPSA) is 58.7 Å². The molecule has 0 spiro atoms. The van der Waals surface area contributed by atoms with Crippen LogP contribution in [0, 0.1) is 5.92 Å². The molecule has 11 heteroatoms. The first-order chi connectivity index (χ1) is 13.4. The predicted molar refractivity (Wildman–Crippen MR) is 97.1 cm³/mol. The lowest BCUT2D eigenvalue weighted by Crippen LogP contribution is -2.33. The van der Waals surface area contributed by atoms with Crippen LogP contribution in [0.5, 0.6) is 0 Å². The number of nitrogens with zero attached hydrogens (tertiary/aromatic N) is 2. The normalized spacial score (nSPS) is 21.1. The molecule has 0 atom stereocenters. The Labute approximate surface area is 166 Å². The molecule has 1 amide bonds. The second-order valence-corrected chi connectivity index (χ2v) is 7.87. The summed E-state index contributed by atoms with van der Waals surface area (Å²) in [4.78, 5) is 17.2. The number of nitrogens with two attached hydrogens (primary N) is 1. The van der Waals surface area contributed by atoms with Crippen LogP contribution in [-0.2, 0) is 18.9 Å². The summed E-state index contributed by atoms with van der Waals surface area (Å²) < 4.78 is 78.2. The third-order valence-corrected chi connectivity index (χ3v) is 5.65. The fraction of sp³-hybridized carbons (Fsp3) is 0.444. The Hall–Kier alpha value is -2.01. The van der Waals surface area contributed by atoms with Crippen LogP contribution in [0.15, 0.2) is 34.2 Å². The van der Waals surface area contributed by atoms with Gasteiger partial charge in [0.15, 0.2) is 0 Å². The maximum atomic E-state index is 13.3. The van der Waals surface area contributed by atoms with E-state index in [1.54, 1.807) is 4.90 Å². The first-order valence-electron chi connectivity index (χ1n) is 8.71. The number of likely N-dealkylation sites (tertiary alicyclic amines) is 1. The standard InChI is InChI=1S/C18H17F6N3OS/c19-17(20,21)12-2-1-11(13(8-12)18(22,23)24)9-27-5-3-10(4-6-27)7-14-15(25)26-16(28)29-14/h1-2,7-8,10H,3-6,9H2,(H2,25,26,28)/b14-7-. The lowest BCUT2D eigenvalue weighted by molar-refractivity contribution is -0.143. The highest BCUT2D eigenvalue weighted by Crippen LogP contribution is 2.38. The SMILES string of the molecule is NC1=NC(=O)S/C1=C\C1CCN(Cc2ccc(C(F)(F)F)cc2C(F)(F)F)CC1. The Balaban J connectivity index is 1.68. The zero-order valence-corrected chi connectivity index (χ0v) is 15.8. The van der Waals surface area contributed by atoms with Crippen molar-refractivity contribution in [2.75, 3.05) is 13.1 Å². The maximum Gasteiger partial charge on any atom is 0.416 e. The van der Waals surface area contributed by atoms with Crippen molar-refractivity contribution in [3.8, 4) is 0 Å². The first-order valence-corrected chi connectivity index (χ1v) is 9.53. The molecule has 0 radical (unpaired) electrons. The van der Waals surface area contributed by atoms with E-state index in [-0.39, 0.29) is 35.2 Å². The molecule has 0 bridgehead atoms. The van der Waals surface area contributed by atoms with E-state index in [0.29, 0.717) is 36.9 Å². The van der Waals surface area contributed by atoms with Gasteiger partial charge in [0.05, 0.1) is 16.0 Å². The van der Waals surface area contributed by atoms with Crippen molar-refractivity contribution in [3.63, 3.8) is 0 Å². The van der Waals surface area contributed by atoms with Crippen LogP contribution in [-0.4, -0.2) is 29.1 Å². The van der Waals surface area contributed by atoms with Crippen molar-refractivity contribution >= 4 is 22.8 Å². The third kappa shape index (κ3) is 5.33. The minimum absolute atomic E-state index is 0.0902. The molecule has 1 aromatic carbocycles. The first kappa shape index (κ1) is 21.7. The monoisotopic (exact) mass is 437 g/mol. The molecule has 2 heterocycles. The second-order valence-electron chi connectivity index (χ2n) is 6.88. The number of alkyl halides is 6. The van der Waals surface area contributed by atoms with Crippen LogP contribution >= 0.6 is 11.8 Å². The molecule has 1 aromatic rings. The minimum Gasteiger partial charge on any atom is -0.383 e. The van der Waals surface area contributed by atoms with Gasteiger partial charge < -0.3 is 5.73 Å². The van der Waals surface area contributed by atoms with Crippen molar-refractivity contribution in [2.24, 2.45) is 16.6 Å². The van der Waals surface area contributed by atoms with Crippen molar-refractivity contribution in [1.29, 1.82) is 0 Å². The molecule has 2 N–H and O–H groups in total. The summed E-state index contributed by atoms with van der Waals surface area (Å²) in [6.07, 6.45) is -6.59. The van der Waals surface area contributed by atoms with Crippen molar-refractivity contribution in [3.05, 3.63) is 45.9 Å². The smallest absolute Gasteiger partial charge is 0.383 e. The summed E-state index contributed by atoms with van der Waals surface area (Å²) in [5, 5.41) is -0.381. The van der Waals surface area contributed by atoms with E-state index < -0.39 is 23.5 Å². The van der Waals surface area contributed by atoms with Crippen LogP contribution in [0.25, 0.3) is 0 Å². The van der Waals surface area contributed by atoms with Crippen molar-refractivity contribution in [1.82, 2.24) is 4.90 Å². The molecule has 29 heavy (non-hydrogen) atoms. The molecule has 0 unspecified atom stereocenters. The van der Waals surface area contributed by atoms with E-state index in [2.05, 4.69) is 4.99 Å².